The minimum atomic E-state index is 0.176. The van der Waals surface area contributed by atoms with Gasteiger partial charge >= 0.3 is 0 Å². The number of benzene rings is 1. The van der Waals surface area contributed by atoms with Crippen LogP contribution in [0.2, 0.25) is 0 Å². The molecule has 112 valence electrons. The highest BCUT2D eigenvalue weighted by Crippen LogP contribution is 2.31. The first-order chi connectivity index (χ1) is 10.0. The van der Waals surface area contributed by atoms with E-state index in [1.165, 1.54) is 0 Å². The van der Waals surface area contributed by atoms with Gasteiger partial charge in [0.05, 0.1) is 17.7 Å². The highest BCUT2D eigenvalue weighted by molar-refractivity contribution is 5.87. The molecule has 0 aliphatic carbocycles. The van der Waals surface area contributed by atoms with Gasteiger partial charge in [0, 0.05) is 35.7 Å². The van der Waals surface area contributed by atoms with Crippen LogP contribution >= 0.6 is 0 Å². The van der Waals surface area contributed by atoms with E-state index >= 15 is 0 Å². The summed E-state index contributed by atoms with van der Waals surface area (Å²) in [6, 6.07) is 7.74. The fraction of sp³-hybridized carbons (Fsp3) is 0.471. The average molecular weight is 286 g/mol. The SMILES string of the molecule is Cc1cc(OC2CC(C)OC(C)C2)c2cc(N)ccc2n1. The van der Waals surface area contributed by atoms with E-state index in [0.29, 0.717) is 0 Å². The van der Waals surface area contributed by atoms with Crippen molar-refractivity contribution in [1.29, 1.82) is 0 Å². The summed E-state index contributed by atoms with van der Waals surface area (Å²) in [4.78, 5) is 4.54. The van der Waals surface area contributed by atoms with Gasteiger partial charge in [0.25, 0.3) is 0 Å². The molecule has 0 amide bonds. The third-order valence-corrected chi connectivity index (χ3v) is 3.87. The number of ether oxygens (including phenoxy) is 2. The van der Waals surface area contributed by atoms with Crippen LogP contribution in [-0.4, -0.2) is 23.3 Å². The summed E-state index contributed by atoms with van der Waals surface area (Å²) in [7, 11) is 0. The number of aromatic nitrogens is 1. The molecule has 2 unspecified atom stereocenters. The van der Waals surface area contributed by atoms with Crippen LogP contribution in [0.4, 0.5) is 5.69 Å². The predicted molar refractivity (Wildman–Crippen MR) is 84.6 cm³/mol. The molecule has 2 aromatic rings. The Morgan fingerprint density at radius 2 is 1.90 bits per heavy atom. The maximum Gasteiger partial charge on any atom is 0.130 e. The number of hydrogen-bond donors (Lipinski definition) is 1. The zero-order valence-corrected chi connectivity index (χ0v) is 12.8. The topological polar surface area (TPSA) is 57.4 Å². The number of hydrogen-bond acceptors (Lipinski definition) is 4. The fourth-order valence-electron chi connectivity index (χ4n) is 3.06. The first-order valence-corrected chi connectivity index (χ1v) is 7.50. The smallest absolute Gasteiger partial charge is 0.130 e. The Balaban J connectivity index is 1.94. The maximum absolute atomic E-state index is 6.27. The zero-order chi connectivity index (χ0) is 15.0. The molecule has 2 atom stereocenters. The van der Waals surface area contributed by atoms with Gasteiger partial charge in [0.2, 0.25) is 0 Å². The highest BCUT2D eigenvalue weighted by Gasteiger charge is 2.26. The largest absolute Gasteiger partial charge is 0.489 e. The number of aryl methyl sites for hydroxylation is 1. The Morgan fingerprint density at radius 3 is 2.62 bits per heavy atom. The molecule has 0 bridgehead atoms. The summed E-state index contributed by atoms with van der Waals surface area (Å²) in [6.45, 7) is 6.18. The van der Waals surface area contributed by atoms with Crippen LogP contribution in [0.5, 0.6) is 5.75 Å². The number of pyridine rings is 1. The lowest BCUT2D eigenvalue weighted by molar-refractivity contribution is -0.0718. The average Bonchev–Trinajstić information content (AvgIpc) is 2.38. The number of fused-ring (bicyclic) bond motifs is 1. The lowest BCUT2D eigenvalue weighted by Gasteiger charge is -2.32. The van der Waals surface area contributed by atoms with Crippen molar-refractivity contribution in [1.82, 2.24) is 4.98 Å². The summed E-state index contributed by atoms with van der Waals surface area (Å²) < 4.78 is 12.0. The van der Waals surface area contributed by atoms with Crippen LogP contribution in [0.15, 0.2) is 24.3 Å². The minimum Gasteiger partial charge on any atom is -0.489 e. The molecule has 0 spiro atoms. The summed E-state index contributed by atoms with van der Waals surface area (Å²) in [6.07, 6.45) is 2.47. The first kappa shape index (κ1) is 14.1. The zero-order valence-electron chi connectivity index (χ0n) is 12.8. The minimum absolute atomic E-state index is 0.176. The molecular weight excluding hydrogens is 264 g/mol. The van der Waals surface area contributed by atoms with Crippen LogP contribution in [-0.2, 0) is 4.74 Å². The van der Waals surface area contributed by atoms with Gasteiger partial charge in [-0.1, -0.05) is 0 Å². The molecule has 1 saturated heterocycles. The van der Waals surface area contributed by atoms with E-state index in [9.17, 15) is 0 Å². The lowest BCUT2D eigenvalue weighted by Crippen LogP contribution is -2.35. The van der Waals surface area contributed by atoms with E-state index in [0.717, 1.165) is 40.9 Å². The summed E-state index contributed by atoms with van der Waals surface area (Å²) >= 11 is 0. The number of nitrogens with zero attached hydrogens (tertiary/aromatic N) is 1. The molecule has 0 saturated carbocycles. The Morgan fingerprint density at radius 1 is 1.19 bits per heavy atom. The second-order valence-electron chi connectivity index (χ2n) is 6.01. The molecule has 4 nitrogen and oxygen atoms in total. The van der Waals surface area contributed by atoms with Crippen molar-refractivity contribution in [2.45, 2.75) is 51.9 Å². The van der Waals surface area contributed by atoms with Crippen molar-refractivity contribution in [3.05, 3.63) is 30.0 Å². The molecular formula is C17H22N2O2. The summed E-state index contributed by atoms with van der Waals surface area (Å²) in [5, 5.41) is 0.979. The van der Waals surface area contributed by atoms with Crippen molar-refractivity contribution in [3.8, 4) is 5.75 Å². The molecule has 0 radical (unpaired) electrons. The molecule has 1 aliphatic rings. The second kappa shape index (κ2) is 5.53. The van der Waals surface area contributed by atoms with Gasteiger partial charge in [0.15, 0.2) is 0 Å². The van der Waals surface area contributed by atoms with Crippen LogP contribution < -0.4 is 10.5 Å². The molecule has 1 aromatic heterocycles. The third-order valence-electron chi connectivity index (χ3n) is 3.87. The van der Waals surface area contributed by atoms with Crippen LogP contribution in [0.25, 0.3) is 10.9 Å². The molecule has 1 fully saturated rings. The van der Waals surface area contributed by atoms with Gasteiger partial charge in [-0.3, -0.25) is 4.98 Å². The third kappa shape index (κ3) is 3.10. The first-order valence-electron chi connectivity index (χ1n) is 7.50. The molecule has 3 rings (SSSR count). The van der Waals surface area contributed by atoms with E-state index in [1.807, 2.05) is 31.2 Å². The predicted octanol–water partition coefficient (Wildman–Crippen LogP) is 3.46. The van der Waals surface area contributed by atoms with Crippen LogP contribution in [0, 0.1) is 6.92 Å². The van der Waals surface area contributed by atoms with Crippen molar-refractivity contribution < 1.29 is 9.47 Å². The van der Waals surface area contributed by atoms with E-state index in [2.05, 4.69) is 18.8 Å². The second-order valence-corrected chi connectivity index (χ2v) is 6.01. The summed E-state index contributed by atoms with van der Waals surface area (Å²) in [5.74, 6) is 0.871. The van der Waals surface area contributed by atoms with Crippen LogP contribution in [0.1, 0.15) is 32.4 Å². The molecule has 1 aliphatic heterocycles. The quantitative estimate of drug-likeness (QED) is 0.859. The highest BCUT2D eigenvalue weighted by atomic mass is 16.5. The van der Waals surface area contributed by atoms with Gasteiger partial charge in [-0.2, -0.15) is 0 Å². The number of nitrogen functional groups attached to an aromatic ring is 1. The molecule has 21 heavy (non-hydrogen) atoms. The molecule has 2 N–H and O–H groups in total. The normalized spacial score (nSPS) is 26.0. The standard InChI is InChI=1S/C17H22N2O2/c1-10-6-17(15-9-13(18)4-5-16(15)19-10)21-14-7-11(2)20-12(3)8-14/h4-6,9,11-12,14H,7-8,18H2,1-3H3. The number of rotatable bonds is 2. The number of nitrogens with two attached hydrogens (primary N) is 1. The Bertz CT molecular complexity index is 647. The van der Waals surface area contributed by atoms with E-state index in [-0.39, 0.29) is 18.3 Å². The van der Waals surface area contributed by atoms with Crippen molar-refractivity contribution >= 4 is 16.6 Å². The van der Waals surface area contributed by atoms with E-state index in [4.69, 9.17) is 15.2 Å². The van der Waals surface area contributed by atoms with Gasteiger partial charge in [-0.05, 0) is 39.0 Å². The lowest BCUT2D eigenvalue weighted by atomic mass is 10.0. The maximum atomic E-state index is 6.27. The Kier molecular flexibility index (Phi) is 3.72. The van der Waals surface area contributed by atoms with Gasteiger partial charge in [-0.15, -0.1) is 0 Å². The molecule has 2 heterocycles. The van der Waals surface area contributed by atoms with Crippen molar-refractivity contribution in [2.75, 3.05) is 5.73 Å². The van der Waals surface area contributed by atoms with E-state index in [1.54, 1.807) is 0 Å². The van der Waals surface area contributed by atoms with Crippen molar-refractivity contribution in [3.63, 3.8) is 0 Å². The number of anilines is 1. The van der Waals surface area contributed by atoms with E-state index < -0.39 is 0 Å². The molecule has 4 heteroatoms. The Hall–Kier alpha value is -1.81. The fourth-order valence-corrected chi connectivity index (χ4v) is 3.06. The van der Waals surface area contributed by atoms with Crippen molar-refractivity contribution in [2.24, 2.45) is 0 Å². The van der Waals surface area contributed by atoms with Gasteiger partial charge in [-0.25, -0.2) is 0 Å². The molecule has 1 aromatic carbocycles. The monoisotopic (exact) mass is 286 g/mol. The van der Waals surface area contributed by atoms with Gasteiger partial charge < -0.3 is 15.2 Å². The summed E-state index contributed by atoms with van der Waals surface area (Å²) in [5.41, 5.74) is 8.51. The Labute approximate surface area is 125 Å². The van der Waals surface area contributed by atoms with Gasteiger partial charge in [0.1, 0.15) is 11.9 Å². The van der Waals surface area contributed by atoms with Crippen LogP contribution in [0.3, 0.4) is 0 Å².